The highest BCUT2D eigenvalue weighted by molar-refractivity contribution is 5.71. The van der Waals surface area contributed by atoms with E-state index >= 15 is 0 Å². The minimum Gasteiger partial charge on any atom is -0.462 e. The van der Waals surface area contributed by atoms with E-state index < -0.39 is 6.10 Å². The molecule has 0 aliphatic rings. The van der Waals surface area contributed by atoms with Gasteiger partial charge in [0.05, 0.1) is 0 Å². The van der Waals surface area contributed by atoms with E-state index in [4.69, 9.17) is 14.2 Å². The molecule has 6 nitrogen and oxygen atoms in total. The van der Waals surface area contributed by atoms with Crippen LogP contribution < -0.4 is 0 Å². The van der Waals surface area contributed by atoms with Gasteiger partial charge in [0.2, 0.25) is 0 Å². The van der Waals surface area contributed by atoms with Crippen LogP contribution in [0, 0.1) is 0 Å². The molecule has 67 heavy (non-hydrogen) atoms. The molecule has 0 aliphatic carbocycles. The van der Waals surface area contributed by atoms with Crippen LogP contribution in [0.5, 0.6) is 0 Å². The maximum Gasteiger partial charge on any atom is 0.306 e. The van der Waals surface area contributed by atoms with Crippen LogP contribution in [-0.2, 0) is 28.6 Å². The Balaban J connectivity index is 4.20. The van der Waals surface area contributed by atoms with Crippen molar-refractivity contribution in [2.45, 2.75) is 322 Å². The van der Waals surface area contributed by atoms with E-state index in [0.717, 1.165) is 77.0 Å². The lowest BCUT2D eigenvalue weighted by Crippen LogP contribution is -2.30. The number of esters is 3. The first-order chi connectivity index (χ1) is 33.0. The van der Waals surface area contributed by atoms with Crippen molar-refractivity contribution in [2.75, 3.05) is 13.2 Å². The zero-order valence-electron chi connectivity index (χ0n) is 44.9. The Bertz CT molecular complexity index is 1130. The Labute approximate surface area is 416 Å². The average Bonchev–Trinajstić information content (AvgIpc) is 3.33. The Hall–Kier alpha value is -2.37. The summed E-state index contributed by atoms with van der Waals surface area (Å²) < 4.78 is 16.8. The van der Waals surface area contributed by atoms with E-state index in [1.807, 2.05) is 0 Å². The second-order valence-electron chi connectivity index (χ2n) is 19.9. The molecular formula is C61H112O6. The number of allylic oxidation sites excluding steroid dienone is 6. The molecule has 1 atom stereocenters. The summed E-state index contributed by atoms with van der Waals surface area (Å²) in [5.74, 6) is -0.873. The van der Waals surface area contributed by atoms with E-state index in [1.165, 1.54) is 199 Å². The van der Waals surface area contributed by atoms with Gasteiger partial charge in [-0.2, -0.15) is 0 Å². The summed E-state index contributed by atoms with van der Waals surface area (Å²) in [6.45, 7) is 6.62. The van der Waals surface area contributed by atoms with Crippen LogP contribution in [0.1, 0.15) is 316 Å². The minimum atomic E-state index is -0.774. The smallest absolute Gasteiger partial charge is 0.306 e. The van der Waals surface area contributed by atoms with Crippen molar-refractivity contribution < 1.29 is 28.6 Å². The van der Waals surface area contributed by atoms with Gasteiger partial charge in [0.25, 0.3) is 0 Å². The molecule has 1 unspecified atom stereocenters. The van der Waals surface area contributed by atoms with Gasteiger partial charge in [-0.1, -0.05) is 276 Å². The molecule has 0 amide bonds. The van der Waals surface area contributed by atoms with Crippen molar-refractivity contribution in [3.05, 3.63) is 36.5 Å². The number of unbranched alkanes of at least 4 members (excludes halogenated alkanes) is 37. The SMILES string of the molecule is CCCCC/C=C\C/C=C\C/C=C\CCCCCCCCC(=O)OC(COC(=O)CCCCCCCCCC)COC(=O)CCCCCCCCCCCCCCCCCCCCCCCC. The first-order valence-corrected chi connectivity index (χ1v) is 29.5. The third kappa shape index (κ3) is 54.4. The second kappa shape index (κ2) is 56.2. The summed E-state index contributed by atoms with van der Waals surface area (Å²) in [6.07, 6.45) is 67.3. The number of ether oxygens (including phenoxy) is 3. The lowest BCUT2D eigenvalue weighted by molar-refractivity contribution is -0.167. The molecule has 0 saturated carbocycles. The quantitative estimate of drug-likeness (QED) is 0.0262. The summed E-state index contributed by atoms with van der Waals surface area (Å²) in [5.41, 5.74) is 0. The Kier molecular flexibility index (Phi) is 54.2. The maximum absolute atomic E-state index is 12.8. The van der Waals surface area contributed by atoms with Crippen LogP contribution in [0.25, 0.3) is 0 Å². The van der Waals surface area contributed by atoms with Gasteiger partial charge in [-0.3, -0.25) is 14.4 Å². The highest BCUT2D eigenvalue weighted by Crippen LogP contribution is 2.17. The largest absolute Gasteiger partial charge is 0.462 e. The summed E-state index contributed by atoms with van der Waals surface area (Å²) >= 11 is 0. The minimum absolute atomic E-state index is 0.0732. The van der Waals surface area contributed by atoms with E-state index in [-0.39, 0.29) is 31.1 Å². The molecule has 392 valence electrons. The van der Waals surface area contributed by atoms with Crippen molar-refractivity contribution in [3.63, 3.8) is 0 Å². The van der Waals surface area contributed by atoms with Crippen LogP contribution >= 0.6 is 0 Å². The Morgan fingerprint density at radius 2 is 0.537 bits per heavy atom. The number of carbonyl (C=O) groups is 3. The average molecular weight is 942 g/mol. The fraction of sp³-hybridized carbons (Fsp3) is 0.852. The molecule has 0 heterocycles. The predicted molar refractivity (Wildman–Crippen MR) is 289 cm³/mol. The molecule has 0 fully saturated rings. The molecule has 0 aliphatic heterocycles. The number of hydrogen-bond acceptors (Lipinski definition) is 6. The van der Waals surface area contributed by atoms with Crippen molar-refractivity contribution in [1.82, 2.24) is 0 Å². The van der Waals surface area contributed by atoms with Gasteiger partial charge < -0.3 is 14.2 Å². The summed E-state index contributed by atoms with van der Waals surface area (Å²) in [6, 6.07) is 0. The summed E-state index contributed by atoms with van der Waals surface area (Å²) in [5, 5.41) is 0. The third-order valence-electron chi connectivity index (χ3n) is 13.1. The van der Waals surface area contributed by atoms with Crippen LogP contribution in [0.3, 0.4) is 0 Å². The molecule has 0 aromatic heterocycles. The van der Waals surface area contributed by atoms with E-state index in [0.29, 0.717) is 19.3 Å². The van der Waals surface area contributed by atoms with Crippen molar-refractivity contribution in [3.8, 4) is 0 Å². The molecule has 0 saturated heterocycles. The topological polar surface area (TPSA) is 78.9 Å². The molecule has 0 radical (unpaired) electrons. The van der Waals surface area contributed by atoms with Crippen LogP contribution in [0.15, 0.2) is 36.5 Å². The van der Waals surface area contributed by atoms with E-state index in [2.05, 4.69) is 57.2 Å². The number of rotatable bonds is 54. The normalized spacial score (nSPS) is 12.2. The van der Waals surface area contributed by atoms with Gasteiger partial charge in [-0.15, -0.1) is 0 Å². The number of hydrogen-bond donors (Lipinski definition) is 0. The molecule has 0 aromatic carbocycles. The fourth-order valence-corrected chi connectivity index (χ4v) is 8.69. The fourth-order valence-electron chi connectivity index (χ4n) is 8.69. The molecule has 0 bridgehead atoms. The third-order valence-corrected chi connectivity index (χ3v) is 13.1. The molecular weight excluding hydrogens is 829 g/mol. The van der Waals surface area contributed by atoms with Crippen molar-refractivity contribution >= 4 is 17.9 Å². The van der Waals surface area contributed by atoms with Crippen molar-refractivity contribution in [2.24, 2.45) is 0 Å². The van der Waals surface area contributed by atoms with Crippen molar-refractivity contribution in [1.29, 1.82) is 0 Å². The first-order valence-electron chi connectivity index (χ1n) is 29.5. The Morgan fingerprint density at radius 1 is 0.299 bits per heavy atom. The lowest BCUT2D eigenvalue weighted by atomic mass is 10.0. The summed E-state index contributed by atoms with van der Waals surface area (Å²) in [7, 11) is 0. The van der Waals surface area contributed by atoms with Gasteiger partial charge in [0, 0.05) is 19.3 Å². The molecule has 0 rings (SSSR count). The summed E-state index contributed by atoms with van der Waals surface area (Å²) in [4.78, 5) is 38.0. The van der Waals surface area contributed by atoms with Gasteiger partial charge in [0.1, 0.15) is 13.2 Å². The highest BCUT2D eigenvalue weighted by atomic mass is 16.6. The number of carbonyl (C=O) groups excluding carboxylic acids is 3. The zero-order valence-corrected chi connectivity index (χ0v) is 44.9. The molecule has 0 spiro atoms. The maximum atomic E-state index is 12.8. The van der Waals surface area contributed by atoms with Gasteiger partial charge >= 0.3 is 17.9 Å². The Morgan fingerprint density at radius 3 is 0.866 bits per heavy atom. The van der Waals surface area contributed by atoms with Crippen LogP contribution in [-0.4, -0.2) is 37.2 Å². The molecule has 0 aromatic rings. The van der Waals surface area contributed by atoms with E-state index in [9.17, 15) is 14.4 Å². The van der Waals surface area contributed by atoms with Gasteiger partial charge in [-0.05, 0) is 57.8 Å². The monoisotopic (exact) mass is 941 g/mol. The highest BCUT2D eigenvalue weighted by Gasteiger charge is 2.19. The first kappa shape index (κ1) is 64.6. The predicted octanol–water partition coefficient (Wildman–Crippen LogP) is 19.7. The van der Waals surface area contributed by atoms with Gasteiger partial charge in [0.15, 0.2) is 6.10 Å². The zero-order chi connectivity index (χ0) is 48.6. The van der Waals surface area contributed by atoms with E-state index in [1.54, 1.807) is 0 Å². The lowest BCUT2D eigenvalue weighted by Gasteiger charge is -2.18. The van der Waals surface area contributed by atoms with Crippen LogP contribution in [0.4, 0.5) is 0 Å². The molecule has 0 N–H and O–H groups in total. The van der Waals surface area contributed by atoms with Crippen LogP contribution in [0.2, 0.25) is 0 Å². The second-order valence-corrected chi connectivity index (χ2v) is 19.9. The van der Waals surface area contributed by atoms with Gasteiger partial charge in [-0.25, -0.2) is 0 Å². The standard InChI is InChI=1S/C61H112O6/c1-4-7-10-13-16-19-21-23-25-27-29-30-31-33-34-36-38-40-42-45-48-51-54-60(63)66-57-58(56-65-59(62)53-50-47-44-18-15-12-9-6-3)67-61(64)55-52-49-46-43-41-39-37-35-32-28-26-24-22-20-17-14-11-8-5-2/h17,20,24,26,32,35,58H,4-16,18-19,21-23,25,27-31,33-34,36-57H2,1-3H3/b20-17-,26-24-,35-32-. The molecule has 6 heteroatoms.